The normalized spacial score (nSPS) is 12.4. The molecule has 0 aliphatic rings. The Bertz CT molecular complexity index is 352. The lowest BCUT2D eigenvalue weighted by Crippen LogP contribution is -2.36. The maximum atomic E-state index is 11.5. The Labute approximate surface area is 106 Å². The molecule has 0 saturated carbocycles. The Morgan fingerprint density at radius 3 is 2.94 bits per heavy atom. The van der Waals surface area contributed by atoms with Crippen molar-refractivity contribution in [3.63, 3.8) is 0 Å². The van der Waals surface area contributed by atoms with E-state index in [1.54, 1.807) is 11.3 Å². The third kappa shape index (κ3) is 5.81. The molecule has 1 heterocycles. The summed E-state index contributed by atoms with van der Waals surface area (Å²) in [5.74, 6) is -0.0840. The quantitative estimate of drug-likeness (QED) is 0.718. The van der Waals surface area contributed by atoms with Gasteiger partial charge in [0, 0.05) is 28.8 Å². The van der Waals surface area contributed by atoms with Gasteiger partial charge in [-0.2, -0.15) is 0 Å². The largest absolute Gasteiger partial charge is 0.370 e. The SMILES string of the molecule is Cc1ccc(CC(C)NC(=O)COCCN)s1. The van der Waals surface area contributed by atoms with E-state index in [2.05, 4.69) is 24.4 Å². The second-order valence-electron chi connectivity index (χ2n) is 4.03. The number of rotatable bonds is 7. The number of nitrogens with two attached hydrogens (primary N) is 1. The summed E-state index contributed by atoms with van der Waals surface area (Å²) in [7, 11) is 0. The Hall–Kier alpha value is -0.910. The lowest BCUT2D eigenvalue weighted by Gasteiger charge is -2.12. The van der Waals surface area contributed by atoms with Gasteiger partial charge < -0.3 is 15.8 Å². The van der Waals surface area contributed by atoms with Crippen LogP contribution in [0.3, 0.4) is 0 Å². The Morgan fingerprint density at radius 1 is 1.59 bits per heavy atom. The van der Waals surface area contributed by atoms with Gasteiger partial charge in [-0.3, -0.25) is 4.79 Å². The first-order chi connectivity index (χ1) is 8.11. The summed E-state index contributed by atoms with van der Waals surface area (Å²) in [5.41, 5.74) is 5.27. The topological polar surface area (TPSA) is 64.3 Å². The molecule has 0 aliphatic carbocycles. The summed E-state index contributed by atoms with van der Waals surface area (Å²) in [4.78, 5) is 14.0. The van der Waals surface area contributed by atoms with Crippen molar-refractivity contribution in [2.45, 2.75) is 26.3 Å². The van der Waals surface area contributed by atoms with Crippen LogP contribution in [0.2, 0.25) is 0 Å². The van der Waals surface area contributed by atoms with Gasteiger partial charge in [0.2, 0.25) is 5.91 Å². The maximum absolute atomic E-state index is 11.5. The maximum Gasteiger partial charge on any atom is 0.246 e. The van der Waals surface area contributed by atoms with Crippen molar-refractivity contribution in [3.05, 3.63) is 21.9 Å². The van der Waals surface area contributed by atoms with Gasteiger partial charge in [-0.15, -0.1) is 11.3 Å². The van der Waals surface area contributed by atoms with Gasteiger partial charge in [0.05, 0.1) is 6.61 Å². The highest BCUT2D eigenvalue weighted by Gasteiger charge is 2.09. The zero-order chi connectivity index (χ0) is 12.7. The molecular weight excluding hydrogens is 236 g/mol. The molecule has 0 radical (unpaired) electrons. The smallest absolute Gasteiger partial charge is 0.246 e. The molecule has 96 valence electrons. The predicted octanol–water partition coefficient (Wildman–Crippen LogP) is 1.08. The van der Waals surface area contributed by atoms with E-state index in [-0.39, 0.29) is 18.6 Å². The molecule has 4 nitrogen and oxygen atoms in total. The van der Waals surface area contributed by atoms with Gasteiger partial charge in [-0.25, -0.2) is 0 Å². The molecule has 0 bridgehead atoms. The van der Waals surface area contributed by atoms with Crippen molar-refractivity contribution in [2.75, 3.05) is 19.8 Å². The molecule has 0 aromatic carbocycles. The molecule has 1 rings (SSSR count). The molecule has 0 saturated heterocycles. The van der Waals surface area contributed by atoms with Gasteiger partial charge in [0.1, 0.15) is 6.61 Å². The van der Waals surface area contributed by atoms with Gasteiger partial charge >= 0.3 is 0 Å². The Morgan fingerprint density at radius 2 is 2.35 bits per heavy atom. The van der Waals surface area contributed by atoms with Crippen LogP contribution < -0.4 is 11.1 Å². The molecule has 1 amide bonds. The highest BCUT2D eigenvalue weighted by atomic mass is 32.1. The van der Waals surface area contributed by atoms with Crippen molar-refractivity contribution in [1.29, 1.82) is 0 Å². The molecule has 1 atom stereocenters. The van der Waals surface area contributed by atoms with E-state index < -0.39 is 0 Å². The van der Waals surface area contributed by atoms with E-state index in [1.807, 2.05) is 6.92 Å². The molecule has 0 aliphatic heterocycles. The molecule has 17 heavy (non-hydrogen) atoms. The monoisotopic (exact) mass is 256 g/mol. The minimum atomic E-state index is -0.0840. The van der Waals surface area contributed by atoms with Crippen LogP contribution in [0, 0.1) is 6.92 Å². The van der Waals surface area contributed by atoms with Crippen LogP contribution in [0.5, 0.6) is 0 Å². The number of carbonyl (C=O) groups excluding carboxylic acids is 1. The zero-order valence-corrected chi connectivity index (χ0v) is 11.2. The molecule has 1 unspecified atom stereocenters. The average Bonchev–Trinajstić information content (AvgIpc) is 2.64. The second-order valence-corrected chi connectivity index (χ2v) is 5.40. The Balaban J connectivity index is 2.24. The number of nitrogens with one attached hydrogen (secondary N) is 1. The summed E-state index contributed by atoms with van der Waals surface area (Å²) >= 11 is 1.77. The van der Waals surface area contributed by atoms with Crippen molar-refractivity contribution >= 4 is 17.2 Å². The minimum absolute atomic E-state index is 0.0840. The molecule has 0 fully saturated rings. The summed E-state index contributed by atoms with van der Waals surface area (Å²) in [6, 6.07) is 4.33. The predicted molar refractivity (Wildman–Crippen MR) is 70.2 cm³/mol. The standard InChI is InChI=1S/C12H20N2O2S/c1-9(7-11-4-3-10(2)17-11)14-12(15)8-16-6-5-13/h3-4,9H,5-8,13H2,1-2H3,(H,14,15). The van der Waals surface area contributed by atoms with Crippen LogP contribution in [-0.2, 0) is 16.0 Å². The van der Waals surface area contributed by atoms with Gasteiger partial charge in [0.15, 0.2) is 0 Å². The van der Waals surface area contributed by atoms with Crippen LogP contribution in [0.4, 0.5) is 0 Å². The Kier molecular flexibility index (Phi) is 6.18. The van der Waals surface area contributed by atoms with Gasteiger partial charge in [-0.1, -0.05) is 0 Å². The third-order valence-corrected chi connectivity index (χ3v) is 3.23. The average molecular weight is 256 g/mol. The molecule has 1 aromatic rings. The van der Waals surface area contributed by atoms with Gasteiger partial charge in [0.25, 0.3) is 0 Å². The lowest BCUT2D eigenvalue weighted by molar-refractivity contribution is -0.126. The first-order valence-corrected chi connectivity index (χ1v) is 6.56. The number of hydrogen-bond donors (Lipinski definition) is 2. The third-order valence-electron chi connectivity index (χ3n) is 2.21. The minimum Gasteiger partial charge on any atom is -0.370 e. The zero-order valence-electron chi connectivity index (χ0n) is 10.4. The van der Waals surface area contributed by atoms with Crippen LogP contribution in [-0.4, -0.2) is 31.7 Å². The molecule has 3 N–H and O–H groups in total. The van der Waals surface area contributed by atoms with Crippen LogP contribution in [0.1, 0.15) is 16.7 Å². The van der Waals surface area contributed by atoms with Gasteiger partial charge in [-0.05, 0) is 26.0 Å². The lowest BCUT2D eigenvalue weighted by atomic mass is 10.2. The number of thiophene rings is 1. The number of carbonyl (C=O) groups is 1. The van der Waals surface area contributed by atoms with Crippen LogP contribution in [0.25, 0.3) is 0 Å². The van der Waals surface area contributed by atoms with E-state index in [0.29, 0.717) is 13.2 Å². The summed E-state index contributed by atoms with van der Waals surface area (Å²) in [5, 5.41) is 2.90. The summed E-state index contributed by atoms with van der Waals surface area (Å²) in [6.07, 6.45) is 0.862. The van der Waals surface area contributed by atoms with E-state index in [0.717, 1.165) is 6.42 Å². The first kappa shape index (κ1) is 14.2. The van der Waals surface area contributed by atoms with Crippen molar-refractivity contribution in [2.24, 2.45) is 5.73 Å². The highest BCUT2D eigenvalue weighted by molar-refractivity contribution is 7.11. The number of hydrogen-bond acceptors (Lipinski definition) is 4. The number of amides is 1. The first-order valence-electron chi connectivity index (χ1n) is 5.74. The fraction of sp³-hybridized carbons (Fsp3) is 0.583. The second kappa shape index (κ2) is 7.42. The number of ether oxygens (including phenoxy) is 1. The molecule has 1 aromatic heterocycles. The summed E-state index contributed by atoms with van der Waals surface area (Å²) < 4.78 is 5.07. The fourth-order valence-corrected chi connectivity index (χ4v) is 2.53. The molecular formula is C12H20N2O2S. The van der Waals surface area contributed by atoms with E-state index in [9.17, 15) is 4.79 Å². The van der Waals surface area contributed by atoms with Crippen LogP contribution >= 0.6 is 11.3 Å². The fourth-order valence-electron chi connectivity index (χ4n) is 1.51. The van der Waals surface area contributed by atoms with Crippen molar-refractivity contribution < 1.29 is 9.53 Å². The highest BCUT2D eigenvalue weighted by Crippen LogP contribution is 2.16. The van der Waals surface area contributed by atoms with E-state index in [4.69, 9.17) is 10.5 Å². The van der Waals surface area contributed by atoms with Crippen molar-refractivity contribution in [3.8, 4) is 0 Å². The van der Waals surface area contributed by atoms with Crippen LogP contribution in [0.15, 0.2) is 12.1 Å². The van der Waals surface area contributed by atoms with Crippen molar-refractivity contribution in [1.82, 2.24) is 5.32 Å². The number of aryl methyl sites for hydroxylation is 1. The summed E-state index contributed by atoms with van der Waals surface area (Å²) in [6.45, 7) is 5.03. The molecule has 5 heteroatoms. The van der Waals surface area contributed by atoms with E-state index >= 15 is 0 Å². The van der Waals surface area contributed by atoms with E-state index in [1.165, 1.54) is 9.75 Å². The molecule has 0 spiro atoms.